The van der Waals surface area contributed by atoms with Gasteiger partial charge in [0.25, 0.3) is 0 Å². The lowest BCUT2D eigenvalue weighted by Gasteiger charge is -2.17. The smallest absolute Gasteiger partial charge is 0.471 e. The number of ether oxygens (including phenoxy) is 1. The van der Waals surface area contributed by atoms with Gasteiger partial charge in [-0.15, -0.1) is 0 Å². The van der Waals surface area contributed by atoms with Crippen molar-refractivity contribution < 1.29 is 42.8 Å². The molecule has 11 nitrogen and oxygen atoms in total. The highest BCUT2D eigenvalue weighted by Gasteiger charge is 2.44. The van der Waals surface area contributed by atoms with Gasteiger partial charge in [0.2, 0.25) is 0 Å². The number of nitrogen functional groups attached to an aromatic ring is 1. The topological polar surface area (TPSA) is 173 Å². The van der Waals surface area contributed by atoms with Gasteiger partial charge in [-0.05, 0) is 18.2 Å². The number of aliphatic hydroxyl groups excluding tert-OH is 2. The van der Waals surface area contributed by atoms with Crippen LogP contribution >= 0.6 is 11.8 Å². The summed E-state index contributed by atoms with van der Waals surface area (Å²) in [5.74, 6) is -3.53. The molecule has 1 aliphatic heterocycles. The van der Waals surface area contributed by atoms with Crippen molar-refractivity contribution in [2.45, 2.75) is 43.2 Å². The number of rotatable bonds is 8. The first-order valence-corrected chi connectivity index (χ1v) is 10.4. The van der Waals surface area contributed by atoms with Crippen LogP contribution in [0.5, 0.6) is 0 Å². The van der Waals surface area contributed by atoms with Gasteiger partial charge >= 0.3 is 18.1 Å². The van der Waals surface area contributed by atoms with E-state index in [2.05, 4.69) is 9.97 Å². The van der Waals surface area contributed by atoms with E-state index in [4.69, 9.17) is 15.6 Å². The number of aliphatic carboxylic acids is 1. The summed E-state index contributed by atoms with van der Waals surface area (Å²) in [7, 11) is 0. The number of aromatic nitrogens is 3. The van der Waals surface area contributed by atoms with Crippen LogP contribution in [0.3, 0.4) is 0 Å². The number of hydrogen-bond acceptors (Lipinski definition) is 9. The van der Waals surface area contributed by atoms with Crippen LogP contribution in [0, 0.1) is 0 Å². The van der Waals surface area contributed by atoms with Gasteiger partial charge in [0, 0.05) is 11.9 Å². The number of alkyl halides is 3. The summed E-state index contributed by atoms with van der Waals surface area (Å²) in [5, 5.41) is 31.7. The van der Waals surface area contributed by atoms with Crippen molar-refractivity contribution in [3.8, 4) is 0 Å². The minimum absolute atomic E-state index is 0.0542. The summed E-state index contributed by atoms with van der Waals surface area (Å²) in [4.78, 5) is 30.0. The highest BCUT2D eigenvalue weighted by atomic mass is 32.2. The van der Waals surface area contributed by atoms with Crippen molar-refractivity contribution >= 4 is 40.5 Å². The van der Waals surface area contributed by atoms with Gasteiger partial charge in [-0.2, -0.15) is 24.9 Å². The maximum atomic E-state index is 12.3. The van der Waals surface area contributed by atoms with Crippen molar-refractivity contribution in [1.29, 1.82) is 0 Å². The highest BCUT2D eigenvalue weighted by molar-refractivity contribution is 7.99. The number of anilines is 1. The number of carboxylic acids is 1. The summed E-state index contributed by atoms with van der Waals surface area (Å²) >= 11 is 1.10. The Bertz CT molecular complexity index is 989. The minimum atomic E-state index is -5.19. The Morgan fingerprint density at radius 1 is 1.31 bits per heavy atom. The normalized spacial score (nSPS) is 24.5. The lowest BCUT2D eigenvalue weighted by molar-refractivity contribution is -0.175. The number of carbonyl (C=O) groups is 2. The SMILES string of the molecule is Nc1ncnc2c1ccn2[C@@H]1O[C@H](CSCCC(NC(=O)C(F)(F)F)C(=O)O)[C@@H](O)[C@H]1O. The second-order valence-electron chi connectivity index (χ2n) is 6.99. The van der Waals surface area contributed by atoms with E-state index in [1.807, 2.05) is 0 Å². The molecule has 5 atom stereocenters. The van der Waals surface area contributed by atoms with Gasteiger partial charge < -0.3 is 35.7 Å². The molecule has 1 fully saturated rings. The molecule has 1 saturated heterocycles. The van der Waals surface area contributed by atoms with E-state index in [0.717, 1.165) is 11.8 Å². The first-order valence-electron chi connectivity index (χ1n) is 9.27. The predicted molar refractivity (Wildman–Crippen MR) is 105 cm³/mol. The molecule has 0 saturated carbocycles. The average Bonchev–Trinajstić information content (AvgIpc) is 3.26. The van der Waals surface area contributed by atoms with E-state index in [-0.39, 0.29) is 23.7 Å². The molecule has 15 heteroatoms. The van der Waals surface area contributed by atoms with Crippen LogP contribution in [-0.4, -0.2) is 83.8 Å². The molecule has 0 bridgehead atoms. The van der Waals surface area contributed by atoms with Crippen LogP contribution in [-0.2, 0) is 14.3 Å². The maximum absolute atomic E-state index is 12.3. The Balaban J connectivity index is 1.56. The Labute approximate surface area is 182 Å². The molecule has 2 aromatic rings. The average molecular weight is 479 g/mol. The first kappa shape index (κ1) is 24.0. The van der Waals surface area contributed by atoms with Crippen molar-refractivity contribution in [3.05, 3.63) is 18.6 Å². The summed E-state index contributed by atoms with van der Waals surface area (Å²) in [6, 6.07) is -0.0861. The summed E-state index contributed by atoms with van der Waals surface area (Å²) in [6.45, 7) is 0. The van der Waals surface area contributed by atoms with Crippen molar-refractivity contribution in [1.82, 2.24) is 19.9 Å². The fourth-order valence-electron chi connectivity index (χ4n) is 3.19. The number of aliphatic hydroxyl groups is 2. The molecule has 1 unspecified atom stereocenters. The molecule has 6 N–H and O–H groups in total. The van der Waals surface area contributed by atoms with Crippen LogP contribution in [0.2, 0.25) is 0 Å². The number of nitrogens with one attached hydrogen (secondary N) is 1. The van der Waals surface area contributed by atoms with Crippen LogP contribution in [0.1, 0.15) is 12.6 Å². The van der Waals surface area contributed by atoms with Crippen LogP contribution < -0.4 is 11.1 Å². The first-order chi connectivity index (χ1) is 15.0. The van der Waals surface area contributed by atoms with Crippen LogP contribution in [0.4, 0.5) is 19.0 Å². The third-order valence-electron chi connectivity index (χ3n) is 4.85. The van der Waals surface area contributed by atoms with E-state index in [9.17, 15) is 33.0 Å². The Morgan fingerprint density at radius 3 is 2.69 bits per heavy atom. The number of fused-ring (bicyclic) bond motifs is 1. The number of hydrogen-bond donors (Lipinski definition) is 5. The van der Waals surface area contributed by atoms with Crippen molar-refractivity contribution in [2.24, 2.45) is 0 Å². The van der Waals surface area contributed by atoms with Crippen LogP contribution in [0.25, 0.3) is 11.0 Å². The molecular formula is C17H20F3N5O6S. The lowest BCUT2D eigenvalue weighted by Crippen LogP contribution is -2.47. The minimum Gasteiger partial charge on any atom is -0.480 e. The molecule has 1 aliphatic rings. The van der Waals surface area contributed by atoms with E-state index in [1.54, 1.807) is 12.3 Å². The van der Waals surface area contributed by atoms with Gasteiger partial charge in [0.05, 0.1) is 11.5 Å². The number of halogens is 3. The number of amides is 1. The molecule has 3 rings (SSSR count). The maximum Gasteiger partial charge on any atom is 0.471 e. The molecule has 2 aromatic heterocycles. The summed E-state index contributed by atoms with van der Waals surface area (Å²) in [6.07, 6.45) is -7.04. The lowest BCUT2D eigenvalue weighted by atomic mass is 10.1. The molecule has 0 radical (unpaired) electrons. The molecule has 1 amide bonds. The van der Waals surface area contributed by atoms with Gasteiger partial charge in [-0.1, -0.05) is 0 Å². The van der Waals surface area contributed by atoms with Gasteiger partial charge in [0.15, 0.2) is 6.23 Å². The zero-order valence-corrected chi connectivity index (χ0v) is 17.1. The Kier molecular flexibility index (Phi) is 7.12. The number of thioether (sulfide) groups is 1. The second kappa shape index (κ2) is 9.48. The van der Waals surface area contributed by atoms with Gasteiger partial charge in [0.1, 0.15) is 36.0 Å². The molecule has 3 heterocycles. The monoisotopic (exact) mass is 479 g/mol. The Hall–Kier alpha value is -2.62. The third kappa shape index (κ3) is 5.06. The fourth-order valence-corrected chi connectivity index (χ4v) is 4.27. The third-order valence-corrected chi connectivity index (χ3v) is 5.93. The highest BCUT2D eigenvalue weighted by Crippen LogP contribution is 2.34. The molecule has 0 aromatic carbocycles. The van der Waals surface area contributed by atoms with Gasteiger partial charge in [-0.25, -0.2) is 14.8 Å². The Morgan fingerprint density at radius 2 is 2.03 bits per heavy atom. The van der Waals surface area contributed by atoms with Crippen molar-refractivity contribution in [3.63, 3.8) is 0 Å². The summed E-state index contributed by atoms with van der Waals surface area (Å²) < 4.78 is 44.2. The van der Waals surface area contributed by atoms with E-state index < -0.39 is 48.6 Å². The number of carboxylic acid groups (broad SMARTS) is 1. The number of nitrogens with two attached hydrogens (primary N) is 1. The van der Waals surface area contributed by atoms with Crippen molar-refractivity contribution in [2.75, 3.05) is 17.2 Å². The molecule has 176 valence electrons. The molecule has 0 spiro atoms. The predicted octanol–water partition coefficient (Wildman–Crippen LogP) is -0.112. The zero-order chi connectivity index (χ0) is 23.6. The van der Waals surface area contributed by atoms with E-state index in [1.165, 1.54) is 16.2 Å². The quantitative estimate of drug-likeness (QED) is 0.322. The number of carbonyl (C=O) groups excluding carboxylic acids is 1. The molecule has 0 aliphatic carbocycles. The zero-order valence-electron chi connectivity index (χ0n) is 16.3. The second-order valence-corrected chi connectivity index (χ2v) is 8.14. The number of nitrogens with zero attached hydrogens (tertiary/aromatic N) is 3. The standard InChI is InChI=1S/C17H20F3N5O6S/c18-17(19,20)16(30)24-8(15(28)29)2-4-32-5-9-10(26)11(27)14(31-9)25-3-1-7-12(21)22-6-23-13(7)25/h1,3,6,8-11,14,26-27H,2,4-5H2,(H,24,30)(H,28,29)(H2,21,22,23)/t8?,9-,10-,11-,14-/m1/s1. The molecular weight excluding hydrogens is 459 g/mol. The van der Waals surface area contributed by atoms with E-state index in [0.29, 0.717) is 11.0 Å². The fraction of sp³-hybridized carbons (Fsp3) is 0.529. The molecule has 32 heavy (non-hydrogen) atoms. The van der Waals surface area contributed by atoms with E-state index >= 15 is 0 Å². The summed E-state index contributed by atoms with van der Waals surface area (Å²) in [5.41, 5.74) is 6.18. The van der Waals surface area contributed by atoms with Gasteiger partial charge in [-0.3, -0.25) is 4.79 Å². The van der Waals surface area contributed by atoms with Crippen LogP contribution in [0.15, 0.2) is 18.6 Å². The largest absolute Gasteiger partial charge is 0.480 e.